The van der Waals surface area contributed by atoms with Crippen molar-refractivity contribution < 1.29 is 0 Å². The molecule has 1 aliphatic rings. The molecule has 272 valence electrons. The zero-order chi connectivity index (χ0) is 38.5. The van der Waals surface area contributed by atoms with E-state index in [0.717, 1.165) is 5.69 Å². The molecule has 10 aromatic carbocycles. The lowest BCUT2D eigenvalue weighted by molar-refractivity contribution is 0.660. The van der Waals surface area contributed by atoms with Gasteiger partial charge in [0.2, 0.25) is 0 Å². The number of benzene rings is 10. The lowest BCUT2D eigenvalue weighted by atomic mass is 9.81. The Morgan fingerprint density at radius 1 is 0.293 bits per heavy atom. The van der Waals surface area contributed by atoms with Gasteiger partial charge in [0.05, 0.1) is 11.0 Å². The third kappa shape index (κ3) is 4.83. The van der Waals surface area contributed by atoms with Gasteiger partial charge in [-0.3, -0.25) is 0 Å². The maximum Gasteiger partial charge on any atom is 0.0547 e. The van der Waals surface area contributed by atoms with Gasteiger partial charge >= 0.3 is 0 Å². The Kier molecular flexibility index (Phi) is 7.04. The molecule has 1 heteroatoms. The molecule has 0 spiro atoms. The van der Waals surface area contributed by atoms with Gasteiger partial charge in [0.15, 0.2) is 0 Å². The first kappa shape index (κ1) is 33.0. The molecule has 58 heavy (non-hydrogen) atoms. The van der Waals surface area contributed by atoms with Gasteiger partial charge in [0, 0.05) is 21.9 Å². The molecule has 1 aromatic heterocycles. The Bertz CT molecular complexity index is 3430. The van der Waals surface area contributed by atoms with E-state index in [2.05, 4.69) is 219 Å². The number of rotatable bonds is 4. The average Bonchev–Trinajstić information content (AvgIpc) is 3.74. The van der Waals surface area contributed by atoms with E-state index in [0.29, 0.717) is 0 Å². The van der Waals surface area contributed by atoms with Crippen LogP contribution >= 0.6 is 0 Å². The largest absolute Gasteiger partial charge is 0.309 e. The Balaban J connectivity index is 0.938. The van der Waals surface area contributed by atoms with Gasteiger partial charge in [-0.15, -0.1) is 0 Å². The summed E-state index contributed by atoms with van der Waals surface area (Å²) in [6.45, 7) is 4.71. The molecule has 1 nitrogen and oxygen atoms in total. The molecule has 0 aliphatic heterocycles. The molecule has 0 fully saturated rings. The van der Waals surface area contributed by atoms with Crippen LogP contribution in [-0.2, 0) is 5.41 Å². The fraction of sp³-hybridized carbons (Fsp3) is 0.0526. The van der Waals surface area contributed by atoms with Crippen molar-refractivity contribution in [3.8, 4) is 50.2 Å². The summed E-state index contributed by atoms with van der Waals surface area (Å²) in [6, 6.07) is 74.4. The highest BCUT2D eigenvalue weighted by atomic mass is 15.0. The normalized spacial score (nSPS) is 13.1. The van der Waals surface area contributed by atoms with E-state index < -0.39 is 0 Å². The fourth-order valence-corrected chi connectivity index (χ4v) is 10.1. The van der Waals surface area contributed by atoms with E-state index in [1.54, 1.807) is 0 Å². The molecular weight excluding hydrogens is 699 g/mol. The van der Waals surface area contributed by atoms with Crippen molar-refractivity contribution >= 4 is 54.1 Å². The smallest absolute Gasteiger partial charge is 0.0547 e. The molecule has 0 bridgehead atoms. The van der Waals surface area contributed by atoms with E-state index in [-0.39, 0.29) is 5.41 Å². The van der Waals surface area contributed by atoms with Gasteiger partial charge in [-0.2, -0.15) is 0 Å². The number of para-hydroxylation sites is 1. The third-order valence-corrected chi connectivity index (χ3v) is 13.0. The topological polar surface area (TPSA) is 4.93 Å². The van der Waals surface area contributed by atoms with Crippen molar-refractivity contribution in [3.63, 3.8) is 0 Å². The van der Waals surface area contributed by atoms with E-state index in [1.807, 2.05) is 0 Å². The molecule has 0 unspecified atom stereocenters. The van der Waals surface area contributed by atoms with Crippen LogP contribution in [0.3, 0.4) is 0 Å². The van der Waals surface area contributed by atoms with Gasteiger partial charge < -0.3 is 4.57 Å². The summed E-state index contributed by atoms with van der Waals surface area (Å²) in [4.78, 5) is 0. The molecule has 12 rings (SSSR count). The predicted octanol–water partition coefficient (Wildman–Crippen LogP) is 15.6. The highest BCUT2D eigenvalue weighted by molar-refractivity contribution is 6.25. The molecular formula is C57H39N. The van der Waals surface area contributed by atoms with Crippen LogP contribution in [0.4, 0.5) is 0 Å². The number of hydrogen-bond acceptors (Lipinski definition) is 0. The van der Waals surface area contributed by atoms with Crippen LogP contribution in [0, 0.1) is 0 Å². The Hall–Kier alpha value is -7.22. The fourth-order valence-electron chi connectivity index (χ4n) is 10.1. The maximum absolute atomic E-state index is 2.45. The SMILES string of the molecule is CC1(C)c2ccccc2-c2ccc(-c3cccc(-n4c5ccccc5c5ccc(-c6ccc(-c7ccc8c9ccccc9c9ccccc9c8c7)cc6)cc54)c3)cc21. The average molecular weight is 738 g/mol. The van der Waals surface area contributed by atoms with Gasteiger partial charge in [-0.25, -0.2) is 0 Å². The molecule has 1 heterocycles. The zero-order valence-electron chi connectivity index (χ0n) is 32.5. The van der Waals surface area contributed by atoms with Crippen LogP contribution in [0.5, 0.6) is 0 Å². The minimum atomic E-state index is -0.0410. The summed E-state index contributed by atoms with van der Waals surface area (Å²) in [7, 11) is 0. The molecule has 0 amide bonds. The molecule has 0 radical (unpaired) electrons. The zero-order valence-corrected chi connectivity index (χ0v) is 32.5. The minimum absolute atomic E-state index is 0.0410. The molecule has 1 aliphatic carbocycles. The molecule has 0 saturated carbocycles. The summed E-state index contributed by atoms with van der Waals surface area (Å²) in [5.74, 6) is 0. The number of nitrogens with zero attached hydrogens (tertiary/aromatic N) is 1. The number of fused-ring (bicyclic) bond motifs is 12. The van der Waals surface area contributed by atoms with Gasteiger partial charge in [-0.05, 0) is 124 Å². The standard InChI is InChI=1S/C57H39N/c1-57(2)53-20-9-7-18-48(53)49-30-27-40(34-54(49)57)38-12-11-13-42(32-38)58-55-21-10-8-19-50(55)51-31-28-41(35-56(51)58)37-24-22-36(23-25-37)39-26-29-47-45-16-4-3-14-43(45)44-15-5-6-17-46(44)52(47)33-39/h3-35H,1-2H3. The minimum Gasteiger partial charge on any atom is -0.309 e. The van der Waals surface area contributed by atoms with Gasteiger partial charge in [-0.1, -0.05) is 178 Å². The van der Waals surface area contributed by atoms with E-state index in [9.17, 15) is 0 Å². The Labute approximate surface area is 338 Å². The first-order valence-electron chi connectivity index (χ1n) is 20.3. The highest BCUT2D eigenvalue weighted by Crippen LogP contribution is 2.49. The van der Waals surface area contributed by atoms with Crippen LogP contribution in [0.15, 0.2) is 200 Å². The van der Waals surface area contributed by atoms with Crippen molar-refractivity contribution in [1.29, 1.82) is 0 Å². The molecule has 0 N–H and O–H groups in total. The van der Waals surface area contributed by atoms with Crippen LogP contribution in [-0.4, -0.2) is 4.57 Å². The maximum atomic E-state index is 2.45. The summed E-state index contributed by atoms with van der Waals surface area (Å²) in [5.41, 5.74) is 16.4. The van der Waals surface area contributed by atoms with Crippen molar-refractivity contribution in [2.45, 2.75) is 19.3 Å². The molecule has 11 aromatic rings. The van der Waals surface area contributed by atoms with Crippen LogP contribution in [0.25, 0.3) is 104 Å². The van der Waals surface area contributed by atoms with E-state index in [4.69, 9.17) is 0 Å². The van der Waals surface area contributed by atoms with Gasteiger partial charge in [0.25, 0.3) is 0 Å². The highest BCUT2D eigenvalue weighted by Gasteiger charge is 2.35. The predicted molar refractivity (Wildman–Crippen MR) is 247 cm³/mol. The monoisotopic (exact) mass is 737 g/mol. The summed E-state index contributed by atoms with van der Waals surface area (Å²) in [6.07, 6.45) is 0. The quantitative estimate of drug-likeness (QED) is 0.159. The lowest BCUT2D eigenvalue weighted by Crippen LogP contribution is -2.14. The lowest BCUT2D eigenvalue weighted by Gasteiger charge is -2.22. The van der Waals surface area contributed by atoms with Crippen LogP contribution in [0.1, 0.15) is 25.0 Å². The van der Waals surface area contributed by atoms with Crippen molar-refractivity contribution in [3.05, 3.63) is 211 Å². The number of aromatic nitrogens is 1. The van der Waals surface area contributed by atoms with Crippen LogP contribution in [0.2, 0.25) is 0 Å². The first-order chi connectivity index (χ1) is 28.5. The second-order valence-corrected chi connectivity index (χ2v) is 16.5. The molecule has 0 saturated heterocycles. The van der Waals surface area contributed by atoms with E-state index >= 15 is 0 Å². The first-order valence-corrected chi connectivity index (χ1v) is 20.3. The van der Waals surface area contributed by atoms with Crippen molar-refractivity contribution in [2.75, 3.05) is 0 Å². The Morgan fingerprint density at radius 3 is 1.50 bits per heavy atom. The summed E-state index contributed by atoms with van der Waals surface area (Å²) >= 11 is 0. The van der Waals surface area contributed by atoms with Crippen molar-refractivity contribution in [2.24, 2.45) is 0 Å². The van der Waals surface area contributed by atoms with Crippen molar-refractivity contribution in [1.82, 2.24) is 4.57 Å². The number of hydrogen-bond donors (Lipinski definition) is 0. The second-order valence-electron chi connectivity index (χ2n) is 16.5. The van der Waals surface area contributed by atoms with Crippen LogP contribution < -0.4 is 0 Å². The summed E-state index contributed by atoms with van der Waals surface area (Å²) < 4.78 is 2.45. The third-order valence-electron chi connectivity index (χ3n) is 13.0. The van der Waals surface area contributed by atoms with Gasteiger partial charge in [0.1, 0.15) is 0 Å². The summed E-state index contributed by atoms with van der Waals surface area (Å²) in [5, 5.41) is 10.3. The molecule has 0 atom stereocenters. The van der Waals surface area contributed by atoms with E-state index in [1.165, 1.54) is 110 Å². The Morgan fingerprint density at radius 2 is 0.776 bits per heavy atom. The second kappa shape index (κ2) is 12.4.